The van der Waals surface area contributed by atoms with E-state index in [1.807, 2.05) is 0 Å². The standard InChI is InChI=1S/C18H28BrN/c1-4-20-13-15-8-9-18(2,3)12-16(15)10-14-6-5-7-17(19)11-14/h5-7,11,15-16,20H,4,8-10,12-13H2,1-3H3. The highest BCUT2D eigenvalue weighted by atomic mass is 79.9. The van der Waals surface area contributed by atoms with Gasteiger partial charge in [-0.1, -0.05) is 48.8 Å². The third-order valence-corrected chi connectivity index (χ3v) is 5.21. The molecule has 1 nitrogen and oxygen atoms in total. The Labute approximate surface area is 132 Å². The third kappa shape index (κ3) is 4.60. The van der Waals surface area contributed by atoms with Gasteiger partial charge in [-0.3, -0.25) is 0 Å². The molecule has 0 amide bonds. The number of hydrogen-bond acceptors (Lipinski definition) is 1. The monoisotopic (exact) mass is 337 g/mol. The lowest BCUT2D eigenvalue weighted by molar-refractivity contribution is 0.116. The summed E-state index contributed by atoms with van der Waals surface area (Å²) in [6.07, 6.45) is 5.32. The van der Waals surface area contributed by atoms with Crippen LogP contribution in [0.15, 0.2) is 28.7 Å². The maximum absolute atomic E-state index is 3.59. The molecule has 0 aromatic heterocycles. The van der Waals surface area contributed by atoms with Gasteiger partial charge in [-0.25, -0.2) is 0 Å². The topological polar surface area (TPSA) is 12.0 Å². The average Bonchev–Trinajstić information content (AvgIpc) is 2.37. The second-order valence-electron chi connectivity index (χ2n) is 7.07. The van der Waals surface area contributed by atoms with Gasteiger partial charge in [0.15, 0.2) is 0 Å². The summed E-state index contributed by atoms with van der Waals surface area (Å²) in [6.45, 7) is 9.35. The van der Waals surface area contributed by atoms with Gasteiger partial charge in [-0.2, -0.15) is 0 Å². The molecule has 2 heteroatoms. The fraction of sp³-hybridized carbons (Fsp3) is 0.667. The Balaban J connectivity index is 2.06. The van der Waals surface area contributed by atoms with Crippen molar-refractivity contribution in [3.05, 3.63) is 34.3 Å². The molecule has 0 bridgehead atoms. The minimum atomic E-state index is 0.513. The summed E-state index contributed by atoms with van der Waals surface area (Å²) in [7, 11) is 0. The van der Waals surface area contributed by atoms with Gasteiger partial charge in [0.2, 0.25) is 0 Å². The number of benzene rings is 1. The second-order valence-corrected chi connectivity index (χ2v) is 7.98. The summed E-state index contributed by atoms with van der Waals surface area (Å²) in [5.41, 5.74) is 1.99. The number of hydrogen-bond donors (Lipinski definition) is 1. The van der Waals surface area contributed by atoms with Crippen LogP contribution in [0.4, 0.5) is 0 Å². The molecule has 0 spiro atoms. The summed E-state index contributed by atoms with van der Waals surface area (Å²) in [5, 5.41) is 3.56. The van der Waals surface area contributed by atoms with E-state index in [1.54, 1.807) is 0 Å². The highest BCUT2D eigenvalue weighted by molar-refractivity contribution is 9.10. The summed E-state index contributed by atoms with van der Waals surface area (Å²) >= 11 is 3.59. The Morgan fingerprint density at radius 2 is 2.10 bits per heavy atom. The lowest BCUT2D eigenvalue weighted by Gasteiger charge is -2.41. The van der Waals surface area contributed by atoms with Crippen molar-refractivity contribution in [1.82, 2.24) is 5.32 Å². The van der Waals surface area contributed by atoms with Gasteiger partial charge < -0.3 is 5.32 Å². The van der Waals surface area contributed by atoms with E-state index < -0.39 is 0 Å². The molecule has 1 aromatic carbocycles. The van der Waals surface area contributed by atoms with Crippen molar-refractivity contribution in [2.45, 2.75) is 46.5 Å². The number of rotatable bonds is 5. The molecule has 0 aliphatic heterocycles. The fourth-order valence-corrected chi connectivity index (χ4v) is 4.04. The van der Waals surface area contributed by atoms with Crippen molar-refractivity contribution in [2.24, 2.45) is 17.3 Å². The third-order valence-electron chi connectivity index (χ3n) is 4.72. The van der Waals surface area contributed by atoms with Crippen LogP contribution in [0.2, 0.25) is 0 Å². The SMILES string of the molecule is CCNCC1CCC(C)(C)CC1Cc1cccc(Br)c1. The van der Waals surface area contributed by atoms with Crippen LogP contribution >= 0.6 is 15.9 Å². The molecular weight excluding hydrogens is 310 g/mol. The largest absolute Gasteiger partial charge is 0.317 e. The van der Waals surface area contributed by atoms with Gasteiger partial charge >= 0.3 is 0 Å². The first-order valence-electron chi connectivity index (χ1n) is 7.95. The Hall–Kier alpha value is -0.340. The summed E-state index contributed by atoms with van der Waals surface area (Å²) < 4.78 is 1.20. The molecule has 1 fully saturated rings. The van der Waals surface area contributed by atoms with Crippen molar-refractivity contribution in [3.63, 3.8) is 0 Å². The van der Waals surface area contributed by atoms with E-state index in [2.05, 4.69) is 66.3 Å². The van der Waals surface area contributed by atoms with Crippen LogP contribution in [0, 0.1) is 17.3 Å². The van der Waals surface area contributed by atoms with Gasteiger partial charge in [0, 0.05) is 4.47 Å². The van der Waals surface area contributed by atoms with Gasteiger partial charge in [-0.05, 0) is 73.7 Å². The maximum Gasteiger partial charge on any atom is 0.0177 e. The quantitative estimate of drug-likeness (QED) is 0.793. The molecule has 1 N–H and O–H groups in total. The molecule has 20 heavy (non-hydrogen) atoms. The molecule has 2 rings (SSSR count). The van der Waals surface area contributed by atoms with Gasteiger partial charge in [0.1, 0.15) is 0 Å². The minimum absolute atomic E-state index is 0.513. The van der Waals surface area contributed by atoms with Crippen LogP contribution in [-0.4, -0.2) is 13.1 Å². The van der Waals surface area contributed by atoms with Crippen LogP contribution in [0.3, 0.4) is 0 Å². The predicted octanol–water partition coefficient (Wildman–Crippen LogP) is 5.04. The van der Waals surface area contributed by atoms with Crippen molar-refractivity contribution in [3.8, 4) is 0 Å². The van der Waals surface area contributed by atoms with Crippen molar-refractivity contribution in [2.75, 3.05) is 13.1 Å². The van der Waals surface area contributed by atoms with E-state index in [-0.39, 0.29) is 0 Å². The smallest absolute Gasteiger partial charge is 0.0177 e. The van der Waals surface area contributed by atoms with Crippen LogP contribution in [0.1, 0.15) is 45.6 Å². The highest BCUT2D eigenvalue weighted by Crippen LogP contribution is 2.43. The molecule has 0 saturated heterocycles. The van der Waals surface area contributed by atoms with E-state index in [4.69, 9.17) is 0 Å². The minimum Gasteiger partial charge on any atom is -0.317 e. The first kappa shape index (κ1) is 16.0. The molecule has 0 radical (unpaired) electrons. The van der Waals surface area contributed by atoms with Gasteiger partial charge in [0.25, 0.3) is 0 Å². The summed E-state index contributed by atoms with van der Waals surface area (Å²) in [4.78, 5) is 0. The zero-order valence-electron chi connectivity index (χ0n) is 13.1. The van der Waals surface area contributed by atoms with Crippen LogP contribution in [0.5, 0.6) is 0 Å². The average molecular weight is 338 g/mol. The predicted molar refractivity (Wildman–Crippen MR) is 91.0 cm³/mol. The van der Waals surface area contributed by atoms with E-state index >= 15 is 0 Å². The van der Waals surface area contributed by atoms with Gasteiger partial charge in [0.05, 0.1) is 0 Å². The van der Waals surface area contributed by atoms with Crippen LogP contribution in [0.25, 0.3) is 0 Å². The first-order chi connectivity index (χ1) is 9.50. The molecule has 1 saturated carbocycles. The Morgan fingerprint density at radius 1 is 1.30 bits per heavy atom. The summed E-state index contributed by atoms with van der Waals surface area (Å²) in [6, 6.07) is 8.83. The van der Waals surface area contributed by atoms with E-state index in [0.717, 1.165) is 18.4 Å². The molecule has 1 aromatic rings. The normalized spacial score (nSPS) is 25.6. The van der Waals surface area contributed by atoms with E-state index in [1.165, 1.54) is 42.3 Å². The maximum atomic E-state index is 3.59. The van der Waals surface area contributed by atoms with Crippen molar-refractivity contribution < 1.29 is 0 Å². The molecule has 2 unspecified atom stereocenters. The van der Waals surface area contributed by atoms with E-state index in [0.29, 0.717) is 5.41 Å². The molecule has 0 heterocycles. The number of halogens is 1. The Morgan fingerprint density at radius 3 is 2.80 bits per heavy atom. The lowest BCUT2D eigenvalue weighted by atomic mass is 9.65. The molecule has 1 aliphatic carbocycles. The molecule has 1 aliphatic rings. The zero-order chi connectivity index (χ0) is 14.6. The van der Waals surface area contributed by atoms with Crippen molar-refractivity contribution in [1.29, 1.82) is 0 Å². The van der Waals surface area contributed by atoms with Gasteiger partial charge in [-0.15, -0.1) is 0 Å². The molecular formula is C18H28BrN. The van der Waals surface area contributed by atoms with Crippen LogP contribution < -0.4 is 5.32 Å². The highest BCUT2D eigenvalue weighted by Gasteiger charge is 2.34. The summed E-state index contributed by atoms with van der Waals surface area (Å²) in [5.74, 6) is 1.65. The number of nitrogens with one attached hydrogen (secondary N) is 1. The second kappa shape index (κ2) is 7.09. The molecule has 112 valence electrons. The van der Waals surface area contributed by atoms with E-state index in [9.17, 15) is 0 Å². The Bertz CT molecular complexity index is 427. The van der Waals surface area contributed by atoms with Crippen LogP contribution in [-0.2, 0) is 6.42 Å². The molecule has 2 atom stereocenters. The zero-order valence-corrected chi connectivity index (χ0v) is 14.7. The van der Waals surface area contributed by atoms with Crippen molar-refractivity contribution >= 4 is 15.9 Å². The first-order valence-corrected chi connectivity index (χ1v) is 8.74. The fourth-order valence-electron chi connectivity index (χ4n) is 3.59. The Kier molecular flexibility index (Phi) is 5.68. The lowest BCUT2D eigenvalue weighted by Crippen LogP contribution is -2.37.